The van der Waals surface area contributed by atoms with Crippen molar-refractivity contribution in [3.8, 4) is 5.75 Å². The van der Waals surface area contributed by atoms with Gasteiger partial charge in [-0.3, -0.25) is 9.59 Å². The van der Waals surface area contributed by atoms with Gasteiger partial charge in [-0.15, -0.1) is 6.58 Å². The molecular weight excluding hydrogens is 374 g/mol. The molecule has 4 nitrogen and oxygen atoms in total. The van der Waals surface area contributed by atoms with Gasteiger partial charge in [-0.05, 0) is 43.0 Å². The average molecular weight is 399 g/mol. The highest BCUT2D eigenvalue weighted by molar-refractivity contribution is 6.24. The van der Waals surface area contributed by atoms with Crippen molar-refractivity contribution in [2.45, 2.75) is 25.7 Å². The number of benzene rings is 2. The minimum atomic E-state index is -1.02. The predicted octanol–water partition coefficient (Wildman–Crippen LogP) is 4.92. The smallest absolute Gasteiger partial charge is 0.241 e. The van der Waals surface area contributed by atoms with E-state index in [0.717, 1.165) is 11.1 Å². The third kappa shape index (κ3) is 2.75. The van der Waals surface area contributed by atoms with E-state index >= 15 is 0 Å². The normalized spacial score (nSPS) is 25.6. The highest BCUT2D eigenvalue weighted by Gasteiger charge is 2.62. The number of phenols is 1. The lowest BCUT2D eigenvalue weighted by Gasteiger charge is -2.40. The molecule has 0 saturated carbocycles. The third-order valence-corrected chi connectivity index (χ3v) is 6.50. The second-order valence-corrected chi connectivity index (χ2v) is 8.07. The highest BCUT2D eigenvalue weighted by Crippen LogP contribution is 2.58. The molecule has 1 aliphatic carbocycles. The summed E-state index contributed by atoms with van der Waals surface area (Å²) in [6.07, 6.45) is 6.42. The molecule has 2 aliphatic rings. The largest absolute Gasteiger partial charge is 0.507 e. The fraction of sp³-hybridized carbons (Fsp3) is 0.231. The lowest BCUT2D eigenvalue weighted by molar-refractivity contribution is -0.127. The summed E-state index contributed by atoms with van der Waals surface area (Å²) < 4.78 is 0. The Balaban J connectivity index is 1.89. The Kier molecular flexibility index (Phi) is 4.94. The Bertz CT molecular complexity index is 1070. The molecule has 0 spiro atoms. The van der Waals surface area contributed by atoms with Crippen LogP contribution in [0.3, 0.4) is 0 Å². The van der Waals surface area contributed by atoms with Gasteiger partial charge in [0.15, 0.2) is 0 Å². The van der Waals surface area contributed by atoms with E-state index in [4.69, 9.17) is 0 Å². The molecule has 2 amide bonds. The number of carbonyl (C=O) groups excluding carboxylic acids is 2. The number of allylic oxidation sites excluding steroid dienone is 4. The van der Waals surface area contributed by atoms with Crippen molar-refractivity contribution >= 4 is 17.5 Å². The predicted molar refractivity (Wildman–Crippen MR) is 118 cm³/mol. The van der Waals surface area contributed by atoms with Gasteiger partial charge in [-0.1, -0.05) is 61.2 Å². The maximum Gasteiger partial charge on any atom is 0.241 e. The minimum absolute atomic E-state index is 0.149. The Morgan fingerprint density at radius 1 is 1.13 bits per heavy atom. The number of nitrogens with zero attached hydrogens (tertiary/aromatic N) is 1. The lowest BCUT2D eigenvalue weighted by atomic mass is 9.59. The Morgan fingerprint density at radius 3 is 2.53 bits per heavy atom. The molecule has 1 saturated heterocycles. The van der Waals surface area contributed by atoms with E-state index in [2.05, 4.69) is 13.2 Å². The van der Waals surface area contributed by atoms with Gasteiger partial charge in [0.2, 0.25) is 11.8 Å². The van der Waals surface area contributed by atoms with Gasteiger partial charge in [0.05, 0.1) is 17.0 Å². The fourth-order valence-corrected chi connectivity index (χ4v) is 4.98. The van der Waals surface area contributed by atoms with Crippen molar-refractivity contribution in [3.05, 3.63) is 96.6 Å². The van der Waals surface area contributed by atoms with Crippen LogP contribution in [-0.2, 0) is 16.0 Å². The maximum absolute atomic E-state index is 13.8. The number of rotatable bonds is 5. The van der Waals surface area contributed by atoms with E-state index in [1.165, 1.54) is 4.90 Å². The molecule has 1 heterocycles. The van der Waals surface area contributed by atoms with E-state index in [1.54, 1.807) is 24.3 Å². The zero-order valence-electron chi connectivity index (χ0n) is 17.0. The van der Waals surface area contributed by atoms with Crippen LogP contribution in [0.1, 0.15) is 30.4 Å². The van der Waals surface area contributed by atoms with Crippen LogP contribution < -0.4 is 4.90 Å². The minimum Gasteiger partial charge on any atom is -0.507 e. The molecule has 3 unspecified atom stereocenters. The van der Waals surface area contributed by atoms with Crippen molar-refractivity contribution in [3.63, 3.8) is 0 Å². The zero-order valence-corrected chi connectivity index (χ0v) is 17.0. The number of hydrogen-bond donors (Lipinski definition) is 1. The van der Waals surface area contributed by atoms with Crippen LogP contribution in [0.15, 0.2) is 85.5 Å². The van der Waals surface area contributed by atoms with Gasteiger partial charge in [0.25, 0.3) is 0 Å². The quantitative estimate of drug-likeness (QED) is 0.574. The molecule has 0 aromatic heterocycles. The number of hydrogen-bond acceptors (Lipinski definition) is 3. The fourth-order valence-electron chi connectivity index (χ4n) is 4.98. The monoisotopic (exact) mass is 399 g/mol. The van der Waals surface area contributed by atoms with Gasteiger partial charge in [0.1, 0.15) is 5.75 Å². The molecule has 30 heavy (non-hydrogen) atoms. The molecule has 3 atom stereocenters. The molecule has 2 aromatic carbocycles. The molecule has 1 fully saturated rings. The number of anilines is 1. The first-order valence-electron chi connectivity index (χ1n) is 10.1. The van der Waals surface area contributed by atoms with Gasteiger partial charge >= 0.3 is 0 Å². The molecule has 0 radical (unpaired) electrons. The second kappa shape index (κ2) is 7.45. The van der Waals surface area contributed by atoms with Crippen LogP contribution in [0, 0.1) is 11.3 Å². The van der Waals surface area contributed by atoms with E-state index in [0.29, 0.717) is 24.1 Å². The number of fused-ring (bicyclic) bond motifs is 1. The number of aromatic hydroxyl groups is 1. The summed E-state index contributed by atoms with van der Waals surface area (Å²) >= 11 is 0. The average Bonchev–Trinajstić information content (AvgIpc) is 2.95. The molecule has 152 valence electrons. The summed E-state index contributed by atoms with van der Waals surface area (Å²) in [5, 5.41) is 11.0. The standard InChI is InChI=1S/C26H25NO3/c1-4-10-18-11-9-14-20(23(18)28)22-17(5-2)15-16-21-24(29)27(25(30)26(21,22)3)19-12-7-6-8-13-19/h4-9,11-15,21-22,28H,1-2,10,16H2,3H3. The summed E-state index contributed by atoms with van der Waals surface area (Å²) in [6.45, 7) is 9.55. The summed E-state index contributed by atoms with van der Waals surface area (Å²) in [5.74, 6) is -1.25. The Hall–Kier alpha value is -3.40. The van der Waals surface area contributed by atoms with Crippen LogP contribution in [0.5, 0.6) is 5.75 Å². The van der Waals surface area contributed by atoms with Crippen LogP contribution in [0.2, 0.25) is 0 Å². The molecule has 0 bridgehead atoms. The SMILES string of the molecule is C=CCc1cccc(C2C(C=C)=CCC3C(=O)N(c4ccccc4)C(=O)C32C)c1O. The van der Waals surface area contributed by atoms with Crippen molar-refractivity contribution in [2.75, 3.05) is 4.90 Å². The highest BCUT2D eigenvalue weighted by atomic mass is 16.3. The first-order valence-corrected chi connectivity index (χ1v) is 10.1. The molecule has 1 aliphatic heterocycles. The van der Waals surface area contributed by atoms with Crippen molar-refractivity contribution in [2.24, 2.45) is 11.3 Å². The molecule has 1 N–H and O–H groups in total. The Labute approximate surface area is 176 Å². The van der Waals surface area contributed by atoms with Crippen molar-refractivity contribution in [1.29, 1.82) is 0 Å². The lowest BCUT2D eigenvalue weighted by Crippen LogP contribution is -2.41. The van der Waals surface area contributed by atoms with Gasteiger partial charge in [-0.2, -0.15) is 0 Å². The maximum atomic E-state index is 13.8. The number of amides is 2. The topological polar surface area (TPSA) is 57.6 Å². The molecule has 4 heteroatoms. The molecular formula is C26H25NO3. The second-order valence-electron chi connectivity index (χ2n) is 8.07. The van der Waals surface area contributed by atoms with E-state index in [9.17, 15) is 14.7 Å². The summed E-state index contributed by atoms with van der Waals surface area (Å²) in [6, 6.07) is 14.6. The summed E-state index contributed by atoms with van der Waals surface area (Å²) in [5.41, 5.74) is 1.80. The van der Waals surface area contributed by atoms with Crippen LogP contribution in [0.25, 0.3) is 0 Å². The third-order valence-electron chi connectivity index (χ3n) is 6.50. The first kappa shape index (κ1) is 19.9. The number of phenolic OH excluding ortho intramolecular Hbond substituents is 1. The van der Waals surface area contributed by atoms with Crippen LogP contribution in [0.4, 0.5) is 5.69 Å². The van der Waals surface area contributed by atoms with E-state index in [-0.39, 0.29) is 17.6 Å². The van der Waals surface area contributed by atoms with Crippen molar-refractivity contribution in [1.82, 2.24) is 0 Å². The summed E-state index contributed by atoms with van der Waals surface area (Å²) in [7, 11) is 0. The number of para-hydroxylation sites is 2. The van der Waals surface area contributed by atoms with E-state index < -0.39 is 17.3 Å². The van der Waals surface area contributed by atoms with Gasteiger partial charge in [-0.25, -0.2) is 4.90 Å². The molecule has 4 rings (SSSR count). The summed E-state index contributed by atoms with van der Waals surface area (Å²) in [4.78, 5) is 28.4. The number of imide groups is 1. The van der Waals surface area contributed by atoms with Crippen molar-refractivity contribution < 1.29 is 14.7 Å². The van der Waals surface area contributed by atoms with Gasteiger partial charge in [0, 0.05) is 11.5 Å². The van der Waals surface area contributed by atoms with E-state index in [1.807, 2.05) is 49.4 Å². The van der Waals surface area contributed by atoms with Crippen LogP contribution in [-0.4, -0.2) is 16.9 Å². The first-order chi connectivity index (χ1) is 14.4. The molecule has 2 aromatic rings. The zero-order chi connectivity index (χ0) is 21.5. The van der Waals surface area contributed by atoms with Crippen LogP contribution >= 0.6 is 0 Å². The Morgan fingerprint density at radius 2 is 1.87 bits per heavy atom. The van der Waals surface area contributed by atoms with Gasteiger partial charge < -0.3 is 5.11 Å². The number of carbonyl (C=O) groups is 2.